The van der Waals surface area contributed by atoms with Crippen molar-refractivity contribution in [1.82, 2.24) is 5.32 Å². The van der Waals surface area contributed by atoms with E-state index in [2.05, 4.69) is 39.9 Å². The number of hydrogen-bond donors (Lipinski definition) is 2. The standard InChI is InChI=1S/C45H62ClNO7/c1-25(2)35-30(48)23-45(37(50)38(51)47-26(3)27-11-13-28(46)14-12-27)22-21-43(9)29(36(35)45)15-16-32-42(8)19-18-33(54-34(49)24-40(4,5)39(52)53)41(6,7)31(42)17-20-44(32,43)10/h11-14,25-26,29,31-33H,15-24H2,1-10H3,(H,47,51)(H,52,53)/t26-,29+,31-,32+,33-,42-,43+,44+,45+/m0/s1. The minimum atomic E-state index is -1.19. The van der Waals surface area contributed by atoms with Gasteiger partial charge in [0.1, 0.15) is 6.10 Å². The average molecular weight is 764 g/mol. The maximum Gasteiger partial charge on any atom is 0.309 e. The molecule has 0 radical (unpaired) electrons. The molecule has 8 nitrogen and oxygen atoms in total. The molecule has 0 bridgehead atoms. The first-order valence-corrected chi connectivity index (χ1v) is 20.7. The van der Waals surface area contributed by atoms with Crippen LogP contribution in [0.25, 0.3) is 0 Å². The summed E-state index contributed by atoms with van der Waals surface area (Å²) >= 11 is 6.10. The minimum absolute atomic E-state index is 0.0143. The van der Waals surface area contributed by atoms with Crippen LogP contribution in [0.1, 0.15) is 145 Å². The maximum absolute atomic E-state index is 14.6. The number of Topliss-reactive ketones (excluding diaryl/α,β-unsaturated/α-hetero) is 2. The van der Waals surface area contributed by atoms with Gasteiger partial charge in [0.15, 0.2) is 5.78 Å². The van der Waals surface area contributed by atoms with E-state index in [1.807, 2.05) is 32.9 Å². The second kappa shape index (κ2) is 13.6. The van der Waals surface area contributed by atoms with Crippen molar-refractivity contribution in [1.29, 1.82) is 0 Å². The quantitative estimate of drug-likeness (QED) is 0.190. The van der Waals surface area contributed by atoms with Crippen LogP contribution in [0.15, 0.2) is 35.4 Å². The zero-order chi connectivity index (χ0) is 40.0. The number of amides is 1. The van der Waals surface area contributed by atoms with E-state index in [9.17, 15) is 29.1 Å². The number of carboxylic acids is 1. The highest BCUT2D eigenvalue weighted by molar-refractivity contribution is 6.40. The summed E-state index contributed by atoms with van der Waals surface area (Å²) in [6, 6.07) is 6.83. The van der Waals surface area contributed by atoms with E-state index < -0.39 is 40.5 Å². The molecule has 1 aromatic carbocycles. The van der Waals surface area contributed by atoms with Crippen molar-refractivity contribution < 1.29 is 33.8 Å². The molecule has 0 heterocycles. The number of hydrogen-bond acceptors (Lipinski definition) is 6. The first kappa shape index (κ1) is 40.7. The number of ether oxygens (including phenoxy) is 1. The molecule has 1 aromatic rings. The Kier molecular flexibility index (Phi) is 10.2. The molecule has 0 unspecified atom stereocenters. The van der Waals surface area contributed by atoms with Crippen LogP contribution in [0.3, 0.4) is 0 Å². The van der Waals surface area contributed by atoms with Crippen molar-refractivity contribution in [3.63, 3.8) is 0 Å². The van der Waals surface area contributed by atoms with Crippen LogP contribution in [0, 0.1) is 56.2 Å². The number of rotatable bonds is 9. The number of fused-ring (bicyclic) bond motifs is 7. The molecule has 4 saturated carbocycles. The van der Waals surface area contributed by atoms with Crippen molar-refractivity contribution in [2.45, 2.75) is 146 Å². The lowest BCUT2D eigenvalue weighted by atomic mass is 9.33. The fourth-order valence-electron chi connectivity index (χ4n) is 13.0. The maximum atomic E-state index is 14.6. The molecule has 4 fully saturated rings. The van der Waals surface area contributed by atoms with Crippen LogP contribution >= 0.6 is 11.6 Å². The van der Waals surface area contributed by atoms with Gasteiger partial charge in [0.25, 0.3) is 5.91 Å². The number of esters is 1. The average Bonchev–Trinajstić information content (AvgIpc) is 3.39. The van der Waals surface area contributed by atoms with E-state index in [4.69, 9.17) is 16.3 Å². The molecule has 2 N–H and O–H groups in total. The number of carbonyl (C=O) groups is 5. The molecular weight excluding hydrogens is 702 g/mol. The zero-order valence-electron chi connectivity index (χ0n) is 34.1. The number of allylic oxidation sites excluding steroid dienone is 2. The van der Waals surface area contributed by atoms with E-state index in [-0.39, 0.29) is 58.2 Å². The van der Waals surface area contributed by atoms with E-state index >= 15 is 0 Å². The third-order valence-corrected chi connectivity index (χ3v) is 16.4. The Morgan fingerprint density at radius 3 is 2.15 bits per heavy atom. The Labute approximate surface area is 327 Å². The summed E-state index contributed by atoms with van der Waals surface area (Å²) < 4.78 is 6.14. The van der Waals surface area contributed by atoms with Gasteiger partial charge in [0, 0.05) is 16.9 Å². The van der Waals surface area contributed by atoms with Gasteiger partial charge in [0.2, 0.25) is 5.78 Å². The number of ketones is 2. The fourth-order valence-corrected chi connectivity index (χ4v) is 13.2. The number of halogens is 1. The Morgan fingerprint density at radius 1 is 0.889 bits per heavy atom. The first-order valence-electron chi connectivity index (χ1n) is 20.3. The molecule has 296 valence electrons. The second-order valence-electron chi connectivity index (χ2n) is 20.1. The van der Waals surface area contributed by atoms with Crippen LogP contribution in [0.4, 0.5) is 0 Å². The van der Waals surface area contributed by atoms with Gasteiger partial charge in [-0.05, 0) is 141 Å². The molecule has 1 amide bonds. The predicted molar refractivity (Wildman–Crippen MR) is 208 cm³/mol. The molecule has 5 aliphatic carbocycles. The van der Waals surface area contributed by atoms with Crippen LogP contribution in [-0.4, -0.2) is 40.6 Å². The van der Waals surface area contributed by atoms with Gasteiger partial charge in [-0.1, -0.05) is 72.2 Å². The largest absolute Gasteiger partial charge is 0.481 e. The topological polar surface area (TPSA) is 127 Å². The number of carbonyl (C=O) groups excluding carboxylic acids is 4. The van der Waals surface area contributed by atoms with Gasteiger partial charge in [-0.2, -0.15) is 0 Å². The van der Waals surface area contributed by atoms with Gasteiger partial charge in [0.05, 0.1) is 23.3 Å². The van der Waals surface area contributed by atoms with Crippen molar-refractivity contribution in [2.75, 3.05) is 0 Å². The van der Waals surface area contributed by atoms with Crippen molar-refractivity contribution >= 4 is 41.0 Å². The number of nitrogens with one attached hydrogen (secondary N) is 1. The molecule has 0 aromatic heterocycles. The van der Waals surface area contributed by atoms with Gasteiger partial charge in [-0.25, -0.2) is 0 Å². The fraction of sp³-hybridized carbons (Fsp3) is 0.711. The van der Waals surface area contributed by atoms with Crippen molar-refractivity contribution in [3.05, 3.63) is 46.0 Å². The summed E-state index contributed by atoms with van der Waals surface area (Å²) in [5.74, 6) is -1.91. The molecule has 54 heavy (non-hydrogen) atoms. The highest BCUT2D eigenvalue weighted by Crippen LogP contribution is 2.76. The zero-order valence-corrected chi connectivity index (χ0v) is 34.9. The lowest BCUT2D eigenvalue weighted by Crippen LogP contribution is -2.66. The number of carboxylic acid groups (broad SMARTS) is 1. The van der Waals surface area contributed by atoms with E-state index in [0.717, 1.165) is 61.7 Å². The highest BCUT2D eigenvalue weighted by atomic mass is 35.5. The van der Waals surface area contributed by atoms with Crippen molar-refractivity contribution in [3.8, 4) is 0 Å². The molecule has 0 saturated heterocycles. The molecule has 0 spiro atoms. The Morgan fingerprint density at radius 2 is 1.54 bits per heavy atom. The van der Waals surface area contributed by atoms with Gasteiger partial charge >= 0.3 is 11.9 Å². The number of aliphatic carboxylic acids is 1. The molecule has 0 aliphatic heterocycles. The summed E-state index contributed by atoms with van der Waals surface area (Å²) in [6.45, 7) is 20.9. The van der Waals surface area contributed by atoms with Crippen LogP contribution < -0.4 is 5.32 Å². The van der Waals surface area contributed by atoms with Gasteiger partial charge in [-0.15, -0.1) is 0 Å². The van der Waals surface area contributed by atoms with Crippen LogP contribution in [-0.2, 0) is 28.7 Å². The summed E-state index contributed by atoms with van der Waals surface area (Å²) in [5, 5.41) is 13.2. The lowest BCUT2D eigenvalue weighted by Gasteiger charge is -2.72. The molecule has 9 heteroatoms. The third-order valence-electron chi connectivity index (χ3n) is 16.2. The number of benzene rings is 1. The smallest absolute Gasteiger partial charge is 0.309 e. The second-order valence-corrected chi connectivity index (χ2v) is 20.5. The molecular formula is C45H62ClNO7. The first-order chi connectivity index (χ1) is 25.0. The Bertz CT molecular complexity index is 1780. The van der Waals surface area contributed by atoms with E-state index in [1.165, 1.54) is 0 Å². The predicted octanol–water partition coefficient (Wildman–Crippen LogP) is 9.48. The highest BCUT2D eigenvalue weighted by Gasteiger charge is 2.71. The van der Waals surface area contributed by atoms with Gasteiger partial charge in [-0.3, -0.25) is 24.0 Å². The Hall–Kier alpha value is -3.00. The SMILES string of the molecule is CC(C)C1=C2[C@H]3CC[C@@H]4[C@@]5(C)CC[C@H](OC(=O)CC(C)(C)C(=O)O)C(C)(C)[C@@H]5CC[C@@]4(C)[C@]3(C)CC[C@@]2(C(=O)C(=O)N[C@@H](C)c2ccc(Cl)cc2)CC1=O. The lowest BCUT2D eigenvalue weighted by molar-refractivity contribution is -0.233. The summed E-state index contributed by atoms with van der Waals surface area (Å²) in [7, 11) is 0. The van der Waals surface area contributed by atoms with Gasteiger partial charge < -0.3 is 15.2 Å². The van der Waals surface area contributed by atoms with Crippen LogP contribution in [0.2, 0.25) is 5.02 Å². The Balaban J connectivity index is 1.29. The molecule has 5 aliphatic rings. The minimum Gasteiger partial charge on any atom is -0.481 e. The van der Waals surface area contributed by atoms with Crippen molar-refractivity contribution in [2.24, 2.45) is 56.2 Å². The summed E-state index contributed by atoms with van der Waals surface area (Å²) in [5.41, 5.74) is -0.304. The monoisotopic (exact) mass is 763 g/mol. The molecule has 6 rings (SSSR count). The van der Waals surface area contributed by atoms with E-state index in [1.54, 1.807) is 26.0 Å². The van der Waals surface area contributed by atoms with Crippen LogP contribution in [0.5, 0.6) is 0 Å². The third kappa shape index (κ3) is 6.10. The van der Waals surface area contributed by atoms with E-state index in [0.29, 0.717) is 23.3 Å². The summed E-state index contributed by atoms with van der Waals surface area (Å²) in [4.78, 5) is 67.4. The normalized spacial score (nSPS) is 36.3. The molecule has 9 atom stereocenters. The summed E-state index contributed by atoms with van der Waals surface area (Å²) in [6.07, 6.45) is 6.28.